The number of amides is 2. The third-order valence-corrected chi connectivity index (χ3v) is 4.28. The van der Waals surface area contributed by atoms with E-state index in [0.717, 1.165) is 11.1 Å². The molecule has 3 rings (SSSR count). The molecule has 28 heavy (non-hydrogen) atoms. The summed E-state index contributed by atoms with van der Waals surface area (Å²) in [7, 11) is 0. The van der Waals surface area contributed by atoms with Crippen molar-refractivity contribution in [1.82, 2.24) is 0 Å². The highest BCUT2D eigenvalue weighted by Gasteiger charge is 2.14. The minimum absolute atomic E-state index is 0.404. The Labute approximate surface area is 168 Å². The second-order valence-corrected chi connectivity index (χ2v) is 6.60. The van der Waals surface area contributed by atoms with Crippen LogP contribution in [0.15, 0.2) is 72.8 Å². The van der Waals surface area contributed by atoms with Crippen LogP contribution in [-0.2, 0) is 16.2 Å². The summed E-state index contributed by atoms with van der Waals surface area (Å²) in [4.78, 5) is 24.1. The third kappa shape index (κ3) is 5.34. The first-order valence-corrected chi connectivity index (χ1v) is 9.04. The SMILES string of the molecule is Cc1ccccc1NC(=O)C(=O)Nc1ccc(OCc2ccc(Cl)cc2)cc1. The van der Waals surface area contributed by atoms with Crippen molar-refractivity contribution in [3.05, 3.63) is 88.9 Å². The zero-order valence-corrected chi connectivity index (χ0v) is 16.0. The molecule has 0 aliphatic heterocycles. The van der Waals surface area contributed by atoms with Crippen LogP contribution in [0.25, 0.3) is 0 Å². The highest BCUT2D eigenvalue weighted by molar-refractivity contribution is 6.43. The Balaban J connectivity index is 1.53. The van der Waals surface area contributed by atoms with E-state index in [4.69, 9.17) is 16.3 Å². The Morgan fingerprint density at radius 2 is 1.50 bits per heavy atom. The molecule has 0 fully saturated rings. The molecule has 6 heteroatoms. The first kappa shape index (κ1) is 19.5. The number of carbonyl (C=O) groups is 2. The molecule has 0 saturated heterocycles. The monoisotopic (exact) mass is 394 g/mol. The van der Waals surface area contributed by atoms with E-state index in [-0.39, 0.29) is 0 Å². The number of aryl methyl sites for hydroxylation is 1. The number of halogens is 1. The molecule has 0 unspecified atom stereocenters. The largest absolute Gasteiger partial charge is 0.489 e. The number of rotatable bonds is 5. The summed E-state index contributed by atoms with van der Waals surface area (Å²) < 4.78 is 5.70. The maximum absolute atomic E-state index is 12.1. The maximum Gasteiger partial charge on any atom is 0.314 e. The summed E-state index contributed by atoms with van der Waals surface area (Å²) in [6.07, 6.45) is 0. The van der Waals surface area contributed by atoms with Crippen LogP contribution in [0.5, 0.6) is 5.75 Å². The van der Waals surface area contributed by atoms with Crippen LogP contribution in [0.1, 0.15) is 11.1 Å². The van der Waals surface area contributed by atoms with Crippen LogP contribution in [0.4, 0.5) is 11.4 Å². The lowest BCUT2D eigenvalue weighted by Gasteiger charge is -2.10. The highest BCUT2D eigenvalue weighted by Crippen LogP contribution is 2.18. The van der Waals surface area contributed by atoms with Crippen LogP contribution in [0.3, 0.4) is 0 Å². The van der Waals surface area contributed by atoms with Gasteiger partial charge in [0.15, 0.2) is 0 Å². The molecule has 142 valence electrons. The Kier molecular flexibility index (Phi) is 6.29. The van der Waals surface area contributed by atoms with Gasteiger partial charge in [-0.1, -0.05) is 41.9 Å². The smallest absolute Gasteiger partial charge is 0.314 e. The van der Waals surface area contributed by atoms with E-state index in [9.17, 15) is 9.59 Å². The maximum atomic E-state index is 12.1. The van der Waals surface area contributed by atoms with Crippen molar-refractivity contribution in [1.29, 1.82) is 0 Å². The summed E-state index contributed by atoms with van der Waals surface area (Å²) in [5.74, 6) is -0.812. The standard InChI is InChI=1S/C22H19ClN2O3/c1-15-4-2-3-5-20(15)25-22(27)21(26)24-18-10-12-19(13-11-18)28-14-16-6-8-17(23)9-7-16/h2-13H,14H2,1H3,(H,24,26)(H,25,27). The molecule has 0 aliphatic carbocycles. The normalized spacial score (nSPS) is 10.2. The molecule has 2 N–H and O–H groups in total. The molecule has 0 radical (unpaired) electrons. The predicted molar refractivity (Wildman–Crippen MR) is 111 cm³/mol. The fraction of sp³-hybridized carbons (Fsp3) is 0.0909. The Hall–Kier alpha value is -3.31. The molecule has 3 aromatic carbocycles. The first-order chi connectivity index (χ1) is 13.5. The molecule has 0 spiro atoms. The van der Waals surface area contributed by atoms with Crippen LogP contribution >= 0.6 is 11.6 Å². The number of ether oxygens (including phenoxy) is 1. The molecule has 0 heterocycles. The minimum Gasteiger partial charge on any atom is -0.489 e. The third-order valence-electron chi connectivity index (χ3n) is 4.03. The Bertz CT molecular complexity index is 970. The molecule has 0 bridgehead atoms. The minimum atomic E-state index is -0.738. The van der Waals surface area contributed by atoms with Gasteiger partial charge in [0, 0.05) is 16.4 Å². The lowest BCUT2D eigenvalue weighted by molar-refractivity contribution is -0.133. The summed E-state index contributed by atoms with van der Waals surface area (Å²) in [5, 5.41) is 5.84. The highest BCUT2D eigenvalue weighted by atomic mass is 35.5. The van der Waals surface area contributed by atoms with Crippen molar-refractivity contribution >= 4 is 34.8 Å². The van der Waals surface area contributed by atoms with Crippen LogP contribution < -0.4 is 15.4 Å². The van der Waals surface area contributed by atoms with Gasteiger partial charge in [0.1, 0.15) is 12.4 Å². The van der Waals surface area contributed by atoms with Gasteiger partial charge in [0.25, 0.3) is 0 Å². The van der Waals surface area contributed by atoms with E-state index in [2.05, 4.69) is 10.6 Å². The molecule has 3 aromatic rings. The van der Waals surface area contributed by atoms with Gasteiger partial charge >= 0.3 is 11.8 Å². The molecule has 0 aromatic heterocycles. The predicted octanol–water partition coefficient (Wildman–Crippen LogP) is 4.80. The van der Waals surface area contributed by atoms with E-state index in [1.54, 1.807) is 48.5 Å². The number of para-hydroxylation sites is 1. The average Bonchev–Trinajstić information content (AvgIpc) is 2.70. The van der Waals surface area contributed by atoms with Crippen LogP contribution in [-0.4, -0.2) is 11.8 Å². The molecular weight excluding hydrogens is 376 g/mol. The molecule has 2 amide bonds. The van der Waals surface area contributed by atoms with E-state index >= 15 is 0 Å². The number of carbonyl (C=O) groups excluding carboxylic acids is 2. The first-order valence-electron chi connectivity index (χ1n) is 8.66. The summed E-state index contributed by atoms with van der Waals surface area (Å²) in [6, 6.07) is 21.5. The second kappa shape index (κ2) is 9.06. The number of nitrogens with one attached hydrogen (secondary N) is 2. The summed E-state index contributed by atoms with van der Waals surface area (Å²) >= 11 is 5.86. The van der Waals surface area contributed by atoms with Crippen LogP contribution in [0, 0.1) is 6.92 Å². The van der Waals surface area contributed by atoms with Crippen molar-refractivity contribution in [3.63, 3.8) is 0 Å². The summed E-state index contributed by atoms with van der Waals surface area (Å²) in [5.41, 5.74) is 2.98. The van der Waals surface area contributed by atoms with E-state index in [1.165, 1.54) is 0 Å². The van der Waals surface area contributed by atoms with Crippen molar-refractivity contribution in [2.24, 2.45) is 0 Å². The van der Waals surface area contributed by atoms with Crippen molar-refractivity contribution < 1.29 is 14.3 Å². The fourth-order valence-corrected chi connectivity index (χ4v) is 2.59. The lowest BCUT2D eigenvalue weighted by atomic mass is 10.2. The second-order valence-electron chi connectivity index (χ2n) is 6.16. The number of anilines is 2. The van der Waals surface area contributed by atoms with Crippen LogP contribution in [0.2, 0.25) is 5.02 Å². The molecule has 0 saturated carbocycles. The quantitative estimate of drug-likeness (QED) is 0.610. The zero-order valence-electron chi connectivity index (χ0n) is 15.2. The molecular formula is C22H19ClN2O3. The Morgan fingerprint density at radius 1 is 0.857 bits per heavy atom. The van der Waals surface area contributed by atoms with Gasteiger partial charge in [0.05, 0.1) is 0 Å². The van der Waals surface area contributed by atoms with Gasteiger partial charge in [-0.25, -0.2) is 0 Å². The molecule has 5 nitrogen and oxygen atoms in total. The van der Waals surface area contributed by atoms with E-state index in [1.807, 2.05) is 31.2 Å². The fourth-order valence-electron chi connectivity index (χ4n) is 2.46. The van der Waals surface area contributed by atoms with Gasteiger partial charge in [0.2, 0.25) is 0 Å². The summed E-state index contributed by atoms with van der Waals surface area (Å²) in [6.45, 7) is 2.26. The van der Waals surface area contributed by atoms with Gasteiger partial charge in [-0.15, -0.1) is 0 Å². The average molecular weight is 395 g/mol. The van der Waals surface area contributed by atoms with Gasteiger partial charge in [-0.2, -0.15) is 0 Å². The van der Waals surface area contributed by atoms with Crippen molar-refractivity contribution in [3.8, 4) is 5.75 Å². The number of hydrogen-bond donors (Lipinski definition) is 2. The van der Waals surface area contributed by atoms with Crippen molar-refractivity contribution in [2.75, 3.05) is 10.6 Å². The molecule has 0 atom stereocenters. The lowest BCUT2D eigenvalue weighted by Crippen LogP contribution is -2.29. The van der Waals surface area contributed by atoms with Crippen molar-refractivity contribution in [2.45, 2.75) is 13.5 Å². The zero-order chi connectivity index (χ0) is 19.9. The number of benzene rings is 3. The van der Waals surface area contributed by atoms with E-state index < -0.39 is 11.8 Å². The Morgan fingerprint density at radius 3 is 2.18 bits per heavy atom. The van der Waals surface area contributed by atoms with Gasteiger partial charge < -0.3 is 15.4 Å². The van der Waals surface area contributed by atoms with E-state index in [0.29, 0.717) is 28.8 Å². The van der Waals surface area contributed by atoms with Gasteiger partial charge in [-0.3, -0.25) is 9.59 Å². The molecule has 0 aliphatic rings. The van der Waals surface area contributed by atoms with Gasteiger partial charge in [-0.05, 0) is 60.5 Å². The topological polar surface area (TPSA) is 67.4 Å². The number of hydrogen-bond acceptors (Lipinski definition) is 3.